The highest BCUT2D eigenvalue weighted by atomic mass is 16.5. The van der Waals surface area contributed by atoms with Gasteiger partial charge in [0.15, 0.2) is 0 Å². The fourth-order valence-electron chi connectivity index (χ4n) is 2.53. The predicted molar refractivity (Wildman–Crippen MR) is 80.9 cm³/mol. The Bertz CT molecular complexity index is 718. The predicted octanol–water partition coefficient (Wildman–Crippen LogP) is 0.0337. The van der Waals surface area contributed by atoms with Crippen LogP contribution >= 0.6 is 0 Å². The van der Waals surface area contributed by atoms with E-state index in [2.05, 4.69) is 20.2 Å². The molecule has 0 bridgehead atoms. The molecule has 1 atom stereocenters. The topological polar surface area (TPSA) is 101 Å². The van der Waals surface area contributed by atoms with Crippen molar-refractivity contribution in [2.24, 2.45) is 0 Å². The fourth-order valence-corrected chi connectivity index (χ4v) is 2.53. The number of nitrogens with zero attached hydrogens (tertiary/aromatic N) is 4. The minimum absolute atomic E-state index is 0.0661. The van der Waals surface area contributed by atoms with Gasteiger partial charge in [-0.2, -0.15) is 10.2 Å². The van der Waals surface area contributed by atoms with Gasteiger partial charge in [-0.15, -0.1) is 0 Å². The van der Waals surface area contributed by atoms with E-state index in [1.807, 2.05) is 0 Å². The van der Waals surface area contributed by atoms with Crippen molar-refractivity contribution in [3.05, 3.63) is 52.5 Å². The van der Waals surface area contributed by atoms with Crippen LogP contribution in [0.15, 0.2) is 35.6 Å². The van der Waals surface area contributed by atoms with Gasteiger partial charge in [-0.1, -0.05) is 0 Å². The third-order valence-corrected chi connectivity index (χ3v) is 3.71. The van der Waals surface area contributed by atoms with Crippen LogP contribution in [0.1, 0.15) is 22.5 Å². The average molecular weight is 315 g/mol. The van der Waals surface area contributed by atoms with Crippen molar-refractivity contribution < 1.29 is 9.53 Å². The average Bonchev–Trinajstić information content (AvgIpc) is 2.60. The zero-order valence-corrected chi connectivity index (χ0v) is 12.5. The second-order valence-electron chi connectivity index (χ2n) is 5.32. The van der Waals surface area contributed by atoms with Crippen molar-refractivity contribution >= 4 is 5.91 Å². The van der Waals surface area contributed by atoms with Crippen molar-refractivity contribution in [2.45, 2.75) is 18.9 Å². The molecule has 0 unspecified atom stereocenters. The van der Waals surface area contributed by atoms with Gasteiger partial charge in [-0.25, -0.2) is 4.98 Å². The molecule has 1 aliphatic heterocycles. The zero-order chi connectivity index (χ0) is 16.1. The van der Waals surface area contributed by atoms with Crippen LogP contribution in [0.5, 0.6) is 0 Å². The summed E-state index contributed by atoms with van der Waals surface area (Å²) in [5, 5.41) is 7.41. The number of carbonyl (C=O) groups excluding carboxylic acids is 1. The molecule has 1 aliphatic rings. The molecule has 2 aromatic rings. The van der Waals surface area contributed by atoms with Crippen molar-refractivity contribution in [1.82, 2.24) is 25.1 Å². The molecule has 3 heterocycles. The van der Waals surface area contributed by atoms with E-state index in [0.717, 1.165) is 5.69 Å². The van der Waals surface area contributed by atoms with E-state index in [-0.39, 0.29) is 17.6 Å². The number of carbonyl (C=O) groups is 1. The first-order valence-electron chi connectivity index (χ1n) is 7.43. The molecule has 1 fully saturated rings. The molecule has 2 aromatic heterocycles. The van der Waals surface area contributed by atoms with E-state index in [0.29, 0.717) is 38.1 Å². The number of ether oxygens (including phenoxy) is 1. The van der Waals surface area contributed by atoms with E-state index in [4.69, 9.17) is 4.74 Å². The summed E-state index contributed by atoms with van der Waals surface area (Å²) in [6.45, 7) is 1.57. The summed E-state index contributed by atoms with van der Waals surface area (Å²) < 4.78 is 5.71. The highest BCUT2D eigenvalue weighted by Gasteiger charge is 2.25. The van der Waals surface area contributed by atoms with Gasteiger partial charge in [-0.3, -0.25) is 9.59 Å². The molecule has 23 heavy (non-hydrogen) atoms. The van der Waals surface area contributed by atoms with Crippen molar-refractivity contribution in [1.29, 1.82) is 0 Å². The van der Waals surface area contributed by atoms with Crippen LogP contribution in [0, 0.1) is 0 Å². The molecular weight excluding hydrogens is 298 g/mol. The molecule has 1 amide bonds. The second-order valence-corrected chi connectivity index (χ2v) is 5.32. The van der Waals surface area contributed by atoms with Gasteiger partial charge >= 0.3 is 0 Å². The van der Waals surface area contributed by atoms with Crippen LogP contribution in [-0.2, 0) is 11.2 Å². The van der Waals surface area contributed by atoms with E-state index >= 15 is 0 Å². The molecular formula is C15H17N5O3. The number of aryl methyl sites for hydroxylation is 1. The van der Waals surface area contributed by atoms with Crippen LogP contribution in [-0.4, -0.2) is 56.8 Å². The molecule has 0 radical (unpaired) electrons. The number of H-pyrrole nitrogens is 1. The number of hydrogen-bond acceptors (Lipinski definition) is 6. The zero-order valence-electron chi connectivity index (χ0n) is 12.5. The molecule has 0 saturated carbocycles. The summed E-state index contributed by atoms with van der Waals surface area (Å²) in [5.74, 6) is -0.0671. The molecule has 1 saturated heterocycles. The molecule has 1 N–H and O–H groups in total. The monoisotopic (exact) mass is 315 g/mol. The van der Waals surface area contributed by atoms with Crippen LogP contribution in [0.2, 0.25) is 0 Å². The van der Waals surface area contributed by atoms with Crippen LogP contribution < -0.4 is 5.56 Å². The summed E-state index contributed by atoms with van der Waals surface area (Å²) in [5.41, 5.74) is 1.08. The van der Waals surface area contributed by atoms with Crippen molar-refractivity contribution in [2.75, 3.05) is 19.7 Å². The van der Waals surface area contributed by atoms with Gasteiger partial charge < -0.3 is 14.6 Å². The largest absolute Gasteiger partial charge is 0.375 e. The molecule has 0 spiro atoms. The molecule has 8 heteroatoms. The van der Waals surface area contributed by atoms with Crippen molar-refractivity contribution in [3.8, 4) is 0 Å². The Hall–Kier alpha value is -2.61. The third-order valence-electron chi connectivity index (χ3n) is 3.71. The van der Waals surface area contributed by atoms with Gasteiger partial charge in [0.25, 0.3) is 11.5 Å². The lowest BCUT2D eigenvalue weighted by Gasteiger charge is -2.33. The first-order chi connectivity index (χ1) is 11.2. The number of nitrogens with one attached hydrogen (secondary N) is 1. The number of amides is 1. The van der Waals surface area contributed by atoms with E-state index in [1.165, 1.54) is 24.8 Å². The lowest BCUT2D eigenvalue weighted by Crippen LogP contribution is -2.45. The summed E-state index contributed by atoms with van der Waals surface area (Å²) in [7, 11) is 0. The minimum Gasteiger partial charge on any atom is -0.375 e. The van der Waals surface area contributed by atoms with Gasteiger partial charge in [0, 0.05) is 24.8 Å². The van der Waals surface area contributed by atoms with Gasteiger partial charge in [0.1, 0.15) is 0 Å². The Kier molecular flexibility index (Phi) is 4.72. The van der Waals surface area contributed by atoms with Gasteiger partial charge in [-0.05, 0) is 18.9 Å². The van der Waals surface area contributed by atoms with Crippen LogP contribution in [0.4, 0.5) is 0 Å². The van der Waals surface area contributed by atoms with E-state index < -0.39 is 0 Å². The molecule has 8 nitrogen and oxygen atoms in total. The Balaban J connectivity index is 1.58. The standard InChI is InChI=1S/C15H17N5O3/c21-14-7-12(16-10-17-14)1-2-13-9-20(5-6-23-13)15(22)11-3-4-18-19-8-11/h3-4,7-8,10,13H,1-2,5-6,9H2,(H,16,17,21)/t13-/m0/s1. The first kappa shape index (κ1) is 15.3. The Morgan fingerprint density at radius 2 is 2.35 bits per heavy atom. The molecule has 3 rings (SSSR count). The molecule has 0 aliphatic carbocycles. The second kappa shape index (κ2) is 7.10. The Morgan fingerprint density at radius 3 is 3.13 bits per heavy atom. The number of morpholine rings is 1. The molecule has 0 aromatic carbocycles. The summed E-state index contributed by atoms with van der Waals surface area (Å²) >= 11 is 0. The number of hydrogen-bond donors (Lipinski definition) is 1. The van der Waals surface area contributed by atoms with E-state index in [9.17, 15) is 9.59 Å². The van der Waals surface area contributed by atoms with Crippen LogP contribution in [0.3, 0.4) is 0 Å². The lowest BCUT2D eigenvalue weighted by atomic mass is 10.1. The quantitative estimate of drug-likeness (QED) is 0.854. The lowest BCUT2D eigenvalue weighted by molar-refractivity contribution is -0.0247. The maximum absolute atomic E-state index is 12.4. The summed E-state index contributed by atoms with van der Waals surface area (Å²) in [4.78, 5) is 32.0. The summed E-state index contributed by atoms with van der Waals surface area (Å²) in [6.07, 6.45) is 5.63. The van der Waals surface area contributed by atoms with Gasteiger partial charge in [0.2, 0.25) is 0 Å². The fraction of sp³-hybridized carbons (Fsp3) is 0.400. The normalized spacial score (nSPS) is 17.9. The minimum atomic E-state index is -0.165. The number of aromatic amines is 1. The van der Waals surface area contributed by atoms with Gasteiger partial charge in [0.05, 0.1) is 37.0 Å². The molecule has 120 valence electrons. The van der Waals surface area contributed by atoms with Crippen LogP contribution in [0.25, 0.3) is 0 Å². The highest BCUT2D eigenvalue weighted by molar-refractivity contribution is 5.93. The number of aromatic nitrogens is 4. The maximum atomic E-state index is 12.4. The smallest absolute Gasteiger partial charge is 0.255 e. The third kappa shape index (κ3) is 3.98. The highest BCUT2D eigenvalue weighted by Crippen LogP contribution is 2.13. The Labute approximate surface area is 132 Å². The van der Waals surface area contributed by atoms with E-state index in [1.54, 1.807) is 11.0 Å². The Morgan fingerprint density at radius 1 is 1.43 bits per heavy atom. The summed E-state index contributed by atoms with van der Waals surface area (Å²) in [6, 6.07) is 3.13. The maximum Gasteiger partial charge on any atom is 0.255 e. The SMILES string of the molecule is O=C(c1ccnnc1)N1CCO[C@@H](CCc2cc(=O)[nH]cn2)C1. The first-order valence-corrected chi connectivity index (χ1v) is 7.43. The van der Waals surface area contributed by atoms with Crippen molar-refractivity contribution in [3.63, 3.8) is 0 Å². The number of rotatable bonds is 4.